The number of rotatable bonds is 10. The summed E-state index contributed by atoms with van der Waals surface area (Å²) < 4.78 is 11.0. The lowest BCUT2D eigenvalue weighted by Crippen LogP contribution is -2.55. The highest BCUT2D eigenvalue weighted by Crippen LogP contribution is 2.55. The van der Waals surface area contributed by atoms with Crippen molar-refractivity contribution in [1.29, 1.82) is 0 Å². The molecule has 4 aliphatic rings. The molecule has 34 heavy (non-hydrogen) atoms. The van der Waals surface area contributed by atoms with Gasteiger partial charge in [-0.15, -0.1) is 0 Å². The molecule has 2 saturated heterocycles. The van der Waals surface area contributed by atoms with Crippen molar-refractivity contribution in [2.75, 3.05) is 38.3 Å². The summed E-state index contributed by atoms with van der Waals surface area (Å²) in [5.41, 5.74) is 11.0. The predicted molar refractivity (Wildman–Crippen MR) is 128 cm³/mol. The number of allylic oxidation sites excluding steroid dienone is 2. The average molecular weight is 512 g/mol. The summed E-state index contributed by atoms with van der Waals surface area (Å²) in [6.07, 6.45) is -0.484. The Balaban J connectivity index is 1.53. The van der Waals surface area contributed by atoms with Gasteiger partial charge in [-0.1, -0.05) is 11.8 Å². The number of nitrogens with one attached hydrogen (secondary N) is 2. The van der Waals surface area contributed by atoms with Crippen molar-refractivity contribution in [3.8, 4) is 0 Å². The van der Waals surface area contributed by atoms with E-state index in [0.29, 0.717) is 35.7 Å². The Morgan fingerprint density at radius 1 is 1.38 bits per heavy atom. The highest BCUT2D eigenvalue weighted by molar-refractivity contribution is 8.13. The Kier molecular flexibility index (Phi) is 7.02. The summed E-state index contributed by atoms with van der Waals surface area (Å²) in [5, 5.41) is 6.20. The Bertz CT molecular complexity index is 1000. The van der Waals surface area contributed by atoms with Gasteiger partial charge in [0.1, 0.15) is 6.61 Å². The molecule has 0 radical (unpaired) electrons. The maximum absolute atomic E-state index is 13.6. The molecule has 0 unspecified atom stereocenters. The molecular weight excluding hydrogens is 482 g/mol. The summed E-state index contributed by atoms with van der Waals surface area (Å²) in [4.78, 5) is 52.3. The Labute approximate surface area is 206 Å². The van der Waals surface area contributed by atoms with Gasteiger partial charge in [0.15, 0.2) is 5.72 Å². The molecule has 186 valence electrons. The molecule has 4 rings (SSSR count). The van der Waals surface area contributed by atoms with E-state index < -0.39 is 23.8 Å². The number of ketones is 2. The van der Waals surface area contributed by atoms with E-state index in [1.54, 1.807) is 6.92 Å². The highest BCUT2D eigenvalue weighted by atomic mass is 32.2. The molecule has 0 spiro atoms. The highest BCUT2D eigenvalue weighted by Gasteiger charge is 2.72. The maximum Gasteiger partial charge on any atom is 0.404 e. The van der Waals surface area contributed by atoms with Gasteiger partial charge in [0.2, 0.25) is 16.7 Å². The van der Waals surface area contributed by atoms with E-state index in [1.807, 2.05) is 4.90 Å². The van der Waals surface area contributed by atoms with Crippen LogP contribution in [0.4, 0.5) is 4.79 Å². The molecule has 6 N–H and O–H groups in total. The molecule has 2 fully saturated rings. The number of amides is 1. The van der Waals surface area contributed by atoms with Crippen LogP contribution in [0.5, 0.6) is 0 Å². The Hall–Kier alpha value is -2.06. The van der Waals surface area contributed by atoms with Crippen LogP contribution in [0.2, 0.25) is 0 Å². The van der Waals surface area contributed by atoms with Crippen molar-refractivity contribution >= 4 is 47.2 Å². The molecule has 0 bridgehead atoms. The van der Waals surface area contributed by atoms with E-state index in [1.165, 1.54) is 7.11 Å². The fraction of sp³-hybridized carbons (Fsp3) is 0.619. The first kappa shape index (κ1) is 25.0. The van der Waals surface area contributed by atoms with Gasteiger partial charge in [0.25, 0.3) is 0 Å². The topological polar surface area (TPSA) is 176 Å². The number of Topliss-reactive ketones (excluding diaryl/α,β-unsaturated/α-hetero) is 2. The molecule has 11 nitrogen and oxygen atoms in total. The lowest BCUT2D eigenvalue weighted by Gasteiger charge is -2.39. The fourth-order valence-corrected chi connectivity index (χ4v) is 6.21. The molecule has 13 heteroatoms. The number of thiol groups is 1. The third kappa shape index (κ3) is 3.92. The lowest BCUT2D eigenvalue weighted by molar-refractivity contribution is -0.137. The first-order valence-corrected chi connectivity index (χ1v) is 12.6. The maximum atomic E-state index is 13.6. The third-order valence-electron chi connectivity index (χ3n) is 6.82. The van der Waals surface area contributed by atoms with Gasteiger partial charge in [-0.25, -0.2) is 4.79 Å². The molecule has 3 aliphatic heterocycles. The van der Waals surface area contributed by atoms with Gasteiger partial charge in [-0.2, -0.15) is 12.6 Å². The number of fused-ring (bicyclic) bond motifs is 4. The van der Waals surface area contributed by atoms with E-state index in [4.69, 9.17) is 20.9 Å². The van der Waals surface area contributed by atoms with Crippen LogP contribution in [-0.2, 0) is 23.9 Å². The number of nitrogens with two attached hydrogens (primary N) is 2. The minimum absolute atomic E-state index is 0.106. The minimum atomic E-state index is -1.02. The molecule has 5 atom stereocenters. The second-order valence-electron chi connectivity index (χ2n) is 8.63. The predicted octanol–water partition coefficient (Wildman–Crippen LogP) is -1.11. The second kappa shape index (κ2) is 9.53. The van der Waals surface area contributed by atoms with Crippen molar-refractivity contribution in [1.82, 2.24) is 15.5 Å². The van der Waals surface area contributed by atoms with Crippen LogP contribution in [0.1, 0.15) is 13.3 Å². The van der Waals surface area contributed by atoms with Crippen LogP contribution >= 0.6 is 24.4 Å². The first-order valence-electron chi connectivity index (χ1n) is 11.0. The van der Waals surface area contributed by atoms with Crippen molar-refractivity contribution in [2.24, 2.45) is 17.4 Å². The molecular formula is C21H29N5O6S2. The van der Waals surface area contributed by atoms with E-state index in [9.17, 15) is 19.2 Å². The lowest BCUT2D eigenvalue weighted by atomic mass is 9.82. The van der Waals surface area contributed by atoms with Crippen LogP contribution in [-0.4, -0.2) is 89.8 Å². The fourth-order valence-electron chi connectivity index (χ4n) is 5.20. The van der Waals surface area contributed by atoms with E-state index in [-0.39, 0.29) is 53.2 Å². The average Bonchev–Trinajstić information content (AvgIpc) is 3.41. The Morgan fingerprint density at radius 2 is 2.12 bits per heavy atom. The molecule has 0 saturated carbocycles. The van der Waals surface area contributed by atoms with E-state index in [2.05, 4.69) is 23.3 Å². The van der Waals surface area contributed by atoms with Gasteiger partial charge < -0.3 is 36.5 Å². The number of thioether (sulfide) groups is 1. The zero-order chi connectivity index (χ0) is 24.8. The number of ether oxygens (including phenoxy) is 2. The monoisotopic (exact) mass is 511 g/mol. The van der Waals surface area contributed by atoms with Crippen molar-refractivity contribution in [3.63, 3.8) is 0 Å². The van der Waals surface area contributed by atoms with E-state index >= 15 is 0 Å². The van der Waals surface area contributed by atoms with Crippen LogP contribution in [0, 0.1) is 5.92 Å². The number of methoxy groups -OCH3 is 1. The molecule has 0 aromatic heterocycles. The number of nitrogens with zero attached hydrogens (tertiary/aromatic N) is 1. The quantitative estimate of drug-likeness (QED) is 0.104. The molecule has 1 aliphatic carbocycles. The standard InChI is InChI=1S/C21H29N5O6S2/c1-9-14(24-4-6-34-19(29)11(22)3-5-33)17(28)13-10(8-32-20(23)30)21(31-2)18-12(25-18)7-26(21)15(13)16(9)27/h10-12,18,24-25,33H,3-8,22H2,1-2H3,(H2,23,30)/t10-,11-,12+,18+,21-/m1/s1. The van der Waals surface area contributed by atoms with Crippen LogP contribution in [0.3, 0.4) is 0 Å². The first-order chi connectivity index (χ1) is 16.2. The normalized spacial score (nSPS) is 30.2. The third-order valence-corrected chi connectivity index (χ3v) is 8.07. The summed E-state index contributed by atoms with van der Waals surface area (Å²) in [6, 6.07) is -0.567. The summed E-state index contributed by atoms with van der Waals surface area (Å²) >= 11 is 5.16. The van der Waals surface area contributed by atoms with Gasteiger partial charge >= 0.3 is 6.09 Å². The van der Waals surface area contributed by atoms with Crippen molar-refractivity contribution in [3.05, 3.63) is 22.5 Å². The van der Waals surface area contributed by atoms with Crippen LogP contribution < -0.4 is 22.1 Å². The second-order valence-corrected chi connectivity index (χ2v) is 10.2. The molecule has 0 aromatic rings. The van der Waals surface area contributed by atoms with Gasteiger partial charge in [0.05, 0.1) is 29.4 Å². The molecule has 3 heterocycles. The molecule has 0 aromatic carbocycles. The number of carbonyl (C=O) groups excluding carboxylic acids is 4. The zero-order valence-corrected chi connectivity index (χ0v) is 20.7. The number of piperazine rings is 1. The number of hydrogen-bond acceptors (Lipinski definition) is 12. The number of primary amides is 1. The summed E-state index contributed by atoms with van der Waals surface area (Å²) in [5.74, 6) is -0.429. The number of carbonyl (C=O) groups is 4. The SMILES string of the molecule is CO[C@@]12[C@H](COC(N)=O)C3=C(C(=O)C(C)=C(NCCSC(=O)[C@H](N)CCS)C3=O)N1C[C@@H]1N[C@@H]12. The summed E-state index contributed by atoms with van der Waals surface area (Å²) in [6.45, 7) is 2.20. The van der Waals surface area contributed by atoms with Crippen LogP contribution in [0.25, 0.3) is 0 Å². The largest absolute Gasteiger partial charge is 0.449 e. The van der Waals surface area contributed by atoms with E-state index in [0.717, 1.165) is 11.8 Å². The number of hydrogen-bond donors (Lipinski definition) is 5. The minimum Gasteiger partial charge on any atom is -0.449 e. The van der Waals surface area contributed by atoms with Gasteiger partial charge in [-0.3, -0.25) is 14.4 Å². The van der Waals surface area contributed by atoms with Gasteiger partial charge in [-0.05, 0) is 19.1 Å². The summed E-state index contributed by atoms with van der Waals surface area (Å²) in [7, 11) is 1.52. The van der Waals surface area contributed by atoms with Gasteiger partial charge in [0, 0.05) is 43.1 Å². The van der Waals surface area contributed by atoms with Crippen LogP contribution in [0.15, 0.2) is 22.5 Å². The smallest absolute Gasteiger partial charge is 0.404 e. The van der Waals surface area contributed by atoms with Crippen molar-refractivity contribution < 1.29 is 28.7 Å². The Morgan fingerprint density at radius 3 is 2.76 bits per heavy atom. The molecule has 1 amide bonds. The van der Waals surface area contributed by atoms with Crippen molar-refractivity contribution in [2.45, 2.75) is 37.2 Å². The zero-order valence-electron chi connectivity index (χ0n) is 19.0.